The summed E-state index contributed by atoms with van der Waals surface area (Å²) in [5.41, 5.74) is 3.98. The Morgan fingerprint density at radius 3 is 2.50 bits per heavy atom. The molecule has 2 aromatic rings. The lowest BCUT2D eigenvalue weighted by Crippen LogP contribution is -2.64. The van der Waals surface area contributed by atoms with Gasteiger partial charge in [0.05, 0.1) is 6.04 Å². The van der Waals surface area contributed by atoms with Crippen molar-refractivity contribution in [3.05, 3.63) is 71.3 Å². The number of hydrogen-bond donors (Lipinski definition) is 2. The van der Waals surface area contributed by atoms with E-state index in [0.717, 1.165) is 23.8 Å². The summed E-state index contributed by atoms with van der Waals surface area (Å²) >= 11 is 0. The van der Waals surface area contributed by atoms with Crippen LogP contribution in [0.2, 0.25) is 0 Å². The Labute approximate surface area is 228 Å². The molecule has 6 rings (SSSR count). The fraction of sp³-hybridized carbons (Fsp3) is 0.588. The Hall–Kier alpha value is -2.62. The molecule has 4 heteroatoms. The molecule has 3 saturated carbocycles. The number of amides is 2. The zero-order valence-electron chi connectivity index (χ0n) is 23.3. The molecule has 1 saturated heterocycles. The van der Waals surface area contributed by atoms with Crippen LogP contribution in [0.5, 0.6) is 0 Å². The van der Waals surface area contributed by atoms with E-state index >= 15 is 0 Å². The van der Waals surface area contributed by atoms with E-state index in [1.165, 1.54) is 49.7 Å². The molecule has 0 radical (unpaired) electrons. The first-order valence-electron chi connectivity index (χ1n) is 15.0. The number of piperidine rings is 1. The maximum Gasteiger partial charge on any atom is 0.233 e. The highest BCUT2D eigenvalue weighted by Crippen LogP contribution is 2.64. The molecule has 1 heterocycles. The number of carbonyl (C=O) groups is 2. The van der Waals surface area contributed by atoms with Crippen LogP contribution in [-0.4, -0.2) is 17.9 Å². The molecule has 3 unspecified atom stereocenters. The fourth-order valence-electron chi connectivity index (χ4n) is 9.17. The summed E-state index contributed by atoms with van der Waals surface area (Å²) in [6, 6.07) is 18.7. The third-order valence-electron chi connectivity index (χ3n) is 11.3. The molecule has 202 valence electrons. The first kappa shape index (κ1) is 25.6. The highest BCUT2D eigenvalue weighted by molar-refractivity contribution is 6.01. The molecular formula is C34H44N2O2. The highest BCUT2D eigenvalue weighted by atomic mass is 16.2. The largest absolute Gasteiger partial charge is 0.352 e. The molecule has 2 aromatic carbocycles. The average Bonchev–Trinajstić information content (AvgIpc) is 3.32. The molecule has 38 heavy (non-hydrogen) atoms. The van der Waals surface area contributed by atoms with Gasteiger partial charge < -0.3 is 10.6 Å². The van der Waals surface area contributed by atoms with Crippen molar-refractivity contribution in [2.45, 2.75) is 90.6 Å². The summed E-state index contributed by atoms with van der Waals surface area (Å²) in [6.07, 6.45) is 10.3. The van der Waals surface area contributed by atoms with Gasteiger partial charge in [0.1, 0.15) is 5.92 Å². The summed E-state index contributed by atoms with van der Waals surface area (Å²) in [6.45, 7) is 7.02. The van der Waals surface area contributed by atoms with Gasteiger partial charge in [-0.1, -0.05) is 80.4 Å². The molecule has 0 spiro atoms. The molecule has 0 aromatic heterocycles. The van der Waals surface area contributed by atoms with Gasteiger partial charge in [-0.3, -0.25) is 9.59 Å². The van der Waals surface area contributed by atoms with Gasteiger partial charge in [-0.2, -0.15) is 0 Å². The van der Waals surface area contributed by atoms with Crippen LogP contribution in [0, 0.1) is 41.4 Å². The molecular weight excluding hydrogens is 468 g/mol. The SMILES string of the molecule is Cc1ccc(CC(NC(=O)C2C[C@@]3(C)C(CC[C@@H]4[C@H]3CC[C@]3(C)CCC[C@@H]43)NC2=O)c2ccccc2)cc1. The Bertz CT molecular complexity index is 1180. The number of fused-ring (bicyclic) bond motifs is 5. The van der Waals surface area contributed by atoms with Crippen LogP contribution in [0.15, 0.2) is 54.6 Å². The van der Waals surface area contributed by atoms with Gasteiger partial charge in [0, 0.05) is 6.04 Å². The molecule has 2 amide bonds. The second kappa shape index (κ2) is 9.84. The van der Waals surface area contributed by atoms with Crippen molar-refractivity contribution in [3.63, 3.8) is 0 Å². The van der Waals surface area contributed by atoms with Crippen LogP contribution in [0.4, 0.5) is 0 Å². The second-order valence-electron chi connectivity index (χ2n) is 13.5. The minimum atomic E-state index is -0.629. The van der Waals surface area contributed by atoms with Gasteiger partial charge in [0.25, 0.3) is 0 Å². The molecule has 8 atom stereocenters. The van der Waals surface area contributed by atoms with E-state index < -0.39 is 5.92 Å². The zero-order chi connectivity index (χ0) is 26.5. The summed E-state index contributed by atoms with van der Waals surface area (Å²) < 4.78 is 0. The van der Waals surface area contributed by atoms with Crippen LogP contribution < -0.4 is 10.6 Å². The Morgan fingerprint density at radius 2 is 1.74 bits per heavy atom. The van der Waals surface area contributed by atoms with Crippen LogP contribution in [0.25, 0.3) is 0 Å². The molecule has 3 aliphatic carbocycles. The first-order valence-corrected chi connectivity index (χ1v) is 15.0. The Balaban J connectivity index is 1.22. The van der Waals surface area contributed by atoms with Crippen LogP contribution in [0.3, 0.4) is 0 Å². The molecule has 4 nitrogen and oxygen atoms in total. The van der Waals surface area contributed by atoms with Gasteiger partial charge in [-0.15, -0.1) is 0 Å². The van der Waals surface area contributed by atoms with Crippen molar-refractivity contribution in [3.8, 4) is 0 Å². The quantitative estimate of drug-likeness (QED) is 0.447. The van der Waals surface area contributed by atoms with E-state index in [-0.39, 0.29) is 29.3 Å². The topological polar surface area (TPSA) is 58.2 Å². The van der Waals surface area contributed by atoms with E-state index in [4.69, 9.17) is 0 Å². The Morgan fingerprint density at radius 1 is 0.974 bits per heavy atom. The fourth-order valence-corrected chi connectivity index (χ4v) is 9.17. The molecule has 1 aliphatic heterocycles. The minimum Gasteiger partial charge on any atom is -0.352 e. The summed E-state index contributed by atoms with van der Waals surface area (Å²) in [4.78, 5) is 27.2. The standard InChI is InChI=1S/C34H44N2O2/c1-22-11-13-23(14-12-22)20-29(24-8-5-4-6-9-24)35-31(37)26-21-34(3)28-17-19-33(2)18-7-10-27(33)25(28)15-16-30(34)36-32(26)38/h4-6,8-9,11-14,25-30H,7,10,15-21H2,1-3H3,(H,35,37)(H,36,38)/t25-,26?,27-,28+,29?,30?,33-,34+/m0/s1. The third kappa shape index (κ3) is 4.48. The van der Waals surface area contributed by atoms with Crippen LogP contribution in [0.1, 0.15) is 87.9 Å². The normalized spacial score (nSPS) is 36.8. The van der Waals surface area contributed by atoms with E-state index in [1.807, 2.05) is 18.2 Å². The van der Waals surface area contributed by atoms with Gasteiger partial charge >= 0.3 is 0 Å². The van der Waals surface area contributed by atoms with Crippen molar-refractivity contribution in [1.82, 2.24) is 10.6 Å². The maximum absolute atomic E-state index is 13.9. The van der Waals surface area contributed by atoms with E-state index in [2.05, 4.69) is 67.8 Å². The third-order valence-corrected chi connectivity index (χ3v) is 11.3. The lowest BCUT2D eigenvalue weighted by Gasteiger charge is -2.60. The highest BCUT2D eigenvalue weighted by Gasteiger charge is 2.60. The number of carbonyl (C=O) groups excluding carboxylic acids is 2. The van der Waals surface area contributed by atoms with Crippen LogP contribution in [-0.2, 0) is 16.0 Å². The first-order chi connectivity index (χ1) is 18.3. The molecule has 4 fully saturated rings. The molecule has 4 aliphatic rings. The number of aryl methyl sites for hydroxylation is 1. The van der Waals surface area contributed by atoms with E-state index in [9.17, 15) is 9.59 Å². The number of hydrogen-bond acceptors (Lipinski definition) is 2. The van der Waals surface area contributed by atoms with Crippen molar-refractivity contribution >= 4 is 11.8 Å². The monoisotopic (exact) mass is 512 g/mol. The zero-order valence-corrected chi connectivity index (χ0v) is 23.3. The van der Waals surface area contributed by atoms with Crippen molar-refractivity contribution in [2.24, 2.45) is 34.5 Å². The lowest BCUT2D eigenvalue weighted by atomic mass is 9.47. The summed E-state index contributed by atoms with van der Waals surface area (Å²) in [5.74, 6) is 1.34. The number of nitrogens with one attached hydrogen (secondary N) is 2. The lowest BCUT2D eigenvalue weighted by molar-refractivity contribution is -0.151. The van der Waals surface area contributed by atoms with Crippen molar-refractivity contribution in [1.29, 1.82) is 0 Å². The number of benzene rings is 2. The van der Waals surface area contributed by atoms with E-state index in [0.29, 0.717) is 24.2 Å². The Kier molecular flexibility index (Phi) is 6.64. The molecule has 2 N–H and O–H groups in total. The predicted octanol–water partition coefficient (Wildman–Crippen LogP) is 6.53. The van der Waals surface area contributed by atoms with E-state index in [1.54, 1.807) is 0 Å². The van der Waals surface area contributed by atoms with Gasteiger partial charge in [0.2, 0.25) is 11.8 Å². The molecule has 0 bridgehead atoms. The smallest absolute Gasteiger partial charge is 0.233 e. The van der Waals surface area contributed by atoms with Gasteiger partial charge in [-0.05, 0) is 98.0 Å². The van der Waals surface area contributed by atoms with Gasteiger partial charge in [-0.25, -0.2) is 0 Å². The summed E-state index contributed by atoms with van der Waals surface area (Å²) in [5, 5.41) is 6.69. The predicted molar refractivity (Wildman–Crippen MR) is 151 cm³/mol. The van der Waals surface area contributed by atoms with Gasteiger partial charge in [0.15, 0.2) is 0 Å². The second-order valence-corrected chi connectivity index (χ2v) is 13.5. The van der Waals surface area contributed by atoms with Crippen molar-refractivity contribution in [2.75, 3.05) is 0 Å². The minimum absolute atomic E-state index is 0.0120. The number of rotatable bonds is 5. The maximum atomic E-state index is 13.9. The van der Waals surface area contributed by atoms with Crippen LogP contribution >= 0.6 is 0 Å². The average molecular weight is 513 g/mol. The van der Waals surface area contributed by atoms with Crippen molar-refractivity contribution < 1.29 is 9.59 Å². The summed E-state index contributed by atoms with van der Waals surface area (Å²) in [7, 11) is 0.